The van der Waals surface area contributed by atoms with E-state index in [1.807, 2.05) is 36.4 Å². The zero-order valence-corrected chi connectivity index (χ0v) is 10.7. The van der Waals surface area contributed by atoms with Gasteiger partial charge < -0.3 is 5.73 Å². The second-order valence-corrected chi connectivity index (χ2v) is 4.78. The van der Waals surface area contributed by atoms with Gasteiger partial charge in [-0.25, -0.2) is 14.9 Å². The van der Waals surface area contributed by atoms with E-state index in [4.69, 9.17) is 5.73 Å². The van der Waals surface area contributed by atoms with Gasteiger partial charge in [0.1, 0.15) is 11.0 Å². The van der Waals surface area contributed by atoms with Crippen molar-refractivity contribution in [2.24, 2.45) is 10.7 Å². The smallest absolute Gasteiger partial charge is 0.357 e. The Morgan fingerprint density at radius 1 is 1.00 bits per heavy atom. The van der Waals surface area contributed by atoms with Crippen molar-refractivity contribution in [1.29, 1.82) is 0 Å². The Hall–Kier alpha value is -2.82. The average Bonchev–Trinajstić information content (AvgIpc) is 2.85. The number of hydrogen-bond acceptors (Lipinski definition) is 3. The number of nitrogens with two attached hydrogens (primary N) is 1. The van der Waals surface area contributed by atoms with E-state index in [1.54, 1.807) is 0 Å². The monoisotopic (exact) mass is 264 g/mol. The van der Waals surface area contributed by atoms with Gasteiger partial charge in [0, 0.05) is 5.56 Å². The highest BCUT2D eigenvalue weighted by Crippen LogP contribution is 2.23. The number of nitrogens with one attached hydrogen (secondary N) is 2. The van der Waals surface area contributed by atoms with Crippen LogP contribution < -0.4 is 15.6 Å². The van der Waals surface area contributed by atoms with Gasteiger partial charge in [0.2, 0.25) is 6.17 Å². The lowest BCUT2D eigenvalue weighted by molar-refractivity contribution is -0.674. The second kappa shape index (κ2) is 4.09. The molecule has 0 spiro atoms. The molecular formula is C15H14N5+. The molecule has 0 aliphatic carbocycles. The minimum atomic E-state index is -0.149. The fraction of sp³-hybridized carbons (Fsp3) is 0.0667. The first-order chi connectivity index (χ1) is 9.83. The number of aliphatic imine (C=N–C) groups is 1. The zero-order chi connectivity index (χ0) is 13.5. The van der Waals surface area contributed by atoms with E-state index in [9.17, 15) is 0 Å². The Balaban J connectivity index is 1.98. The molecule has 5 heteroatoms. The fourth-order valence-corrected chi connectivity index (χ4v) is 2.63. The molecule has 1 atom stereocenters. The molecule has 4 rings (SSSR count). The van der Waals surface area contributed by atoms with Crippen LogP contribution >= 0.6 is 0 Å². The first-order valence-electron chi connectivity index (χ1n) is 6.50. The molecule has 0 saturated carbocycles. The average molecular weight is 264 g/mol. The van der Waals surface area contributed by atoms with Crippen molar-refractivity contribution in [2.45, 2.75) is 6.17 Å². The molecular weight excluding hydrogens is 250 g/mol. The van der Waals surface area contributed by atoms with Gasteiger partial charge in [-0.15, -0.1) is 0 Å². The first kappa shape index (κ1) is 11.0. The standard InChI is InChI=1S/C15H13N5/c16-14-18-13(10-6-2-1-3-7-10)20-12-9-5-4-8-11(12)17-15(20)19-14/h1-9,13H,(H3,16,17,18,19)/p+1. The van der Waals surface area contributed by atoms with Crippen molar-refractivity contribution in [3.63, 3.8) is 0 Å². The molecule has 1 unspecified atom stereocenters. The minimum Gasteiger partial charge on any atom is -0.357 e. The number of imidazole rings is 1. The second-order valence-electron chi connectivity index (χ2n) is 4.78. The largest absolute Gasteiger partial charge is 0.365 e. The van der Waals surface area contributed by atoms with Crippen LogP contribution in [-0.2, 0) is 0 Å². The van der Waals surface area contributed by atoms with E-state index in [1.165, 1.54) is 0 Å². The van der Waals surface area contributed by atoms with E-state index < -0.39 is 0 Å². The van der Waals surface area contributed by atoms with Gasteiger partial charge in [0.15, 0.2) is 0 Å². The van der Waals surface area contributed by atoms with Crippen molar-refractivity contribution in [3.05, 3.63) is 60.2 Å². The van der Waals surface area contributed by atoms with Crippen LogP contribution in [0.3, 0.4) is 0 Å². The third-order valence-electron chi connectivity index (χ3n) is 3.51. The van der Waals surface area contributed by atoms with Crippen molar-refractivity contribution in [2.75, 3.05) is 5.32 Å². The Morgan fingerprint density at radius 2 is 1.75 bits per heavy atom. The predicted octanol–water partition coefficient (Wildman–Crippen LogP) is 1.74. The number of aromatic nitrogens is 2. The van der Waals surface area contributed by atoms with Crippen LogP contribution in [0, 0.1) is 0 Å². The van der Waals surface area contributed by atoms with Gasteiger partial charge in [-0.05, 0) is 12.1 Å². The highest BCUT2D eigenvalue weighted by atomic mass is 15.4. The van der Waals surface area contributed by atoms with Crippen LogP contribution in [0.2, 0.25) is 0 Å². The van der Waals surface area contributed by atoms with Crippen LogP contribution in [0.25, 0.3) is 11.0 Å². The van der Waals surface area contributed by atoms with Crippen molar-refractivity contribution in [3.8, 4) is 0 Å². The van der Waals surface area contributed by atoms with Crippen LogP contribution in [0.15, 0.2) is 59.6 Å². The maximum absolute atomic E-state index is 5.90. The lowest BCUT2D eigenvalue weighted by Crippen LogP contribution is -2.47. The Bertz CT molecular complexity index is 804. The molecule has 0 fully saturated rings. The molecule has 1 aromatic heterocycles. The van der Waals surface area contributed by atoms with E-state index in [-0.39, 0.29) is 6.17 Å². The highest BCUT2D eigenvalue weighted by Gasteiger charge is 2.30. The highest BCUT2D eigenvalue weighted by molar-refractivity contribution is 5.92. The van der Waals surface area contributed by atoms with Crippen LogP contribution in [0.4, 0.5) is 5.95 Å². The lowest BCUT2D eigenvalue weighted by atomic mass is 10.1. The molecule has 20 heavy (non-hydrogen) atoms. The molecule has 0 saturated heterocycles. The van der Waals surface area contributed by atoms with Gasteiger partial charge in [-0.2, -0.15) is 4.99 Å². The van der Waals surface area contributed by atoms with Crippen LogP contribution in [0.1, 0.15) is 11.7 Å². The van der Waals surface area contributed by atoms with Crippen molar-refractivity contribution < 1.29 is 4.57 Å². The SMILES string of the molecule is NC1=NC(c2ccccc2)[n+]2c([nH]c3ccccc32)N1. The zero-order valence-electron chi connectivity index (χ0n) is 10.7. The molecule has 1 aliphatic rings. The Labute approximate surface area is 115 Å². The first-order valence-corrected chi connectivity index (χ1v) is 6.50. The van der Waals surface area contributed by atoms with Crippen LogP contribution in [0.5, 0.6) is 0 Å². The molecule has 98 valence electrons. The summed E-state index contributed by atoms with van der Waals surface area (Å²) in [6, 6.07) is 18.3. The van der Waals surface area contributed by atoms with E-state index >= 15 is 0 Å². The summed E-state index contributed by atoms with van der Waals surface area (Å²) in [7, 11) is 0. The molecule has 2 heterocycles. The Kier molecular flexibility index (Phi) is 2.26. The maximum Gasteiger partial charge on any atom is 0.365 e. The summed E-state index contributed by atoms with van der Waals surface area (Å²) in [5, 5.41) is 3.08. The summed E-state index contributed by atoms with van der Waals surface area (Å²) in [4.78, 5) is 7.88. The van der Waals surface area contributed by atoms with Crippen molar-refractivity contribution >= 4 is 22.9 Å². The number of hydrogen-bond donors (Lipinski definition) is 3. The normalized spacial score (nSPS) is 17.4. The van der Waals surface area contributed by atoms with Crippen LogP contribution in [-0.4, -0.2) is 10.9 Å². The molecule has 0 amide bonds. The number of benzene rings is 2. The number of nitrogens with zero attached hydrogens (tertiary/aromatic N) is 2. The Morgan fingerprint density at radius 3 is 2.60 bits per heavy atom. The number of anilines is 1. The third-order valence-corrected chi connectivity index (χ3v) is 3.51. The fourth-order valence-electron chi connectivity index (χ4n) is 2.63. The lowest BCUT2D eigenvalue weighted by Gasteiger charge is -2.17. The number of guanidine groups is 1. The van der Waals surface area contributed by atoms with E-state index in [0.717, 1.165) is 22.5 Å². The number of para-hydroxylation sites is 2. The summed E-state index contributed by atoms with van der Waals surface area (Å²) < 4.78 is 2.13. The third kappa shape index (κ3) is 1.56. The molecule has 0 bridgehead atoms. The topological polar surface area (TPSA) is 70.1 Å². The molecule has 1 aliphatic heterocycles. The summed E-state index contributed by atoms with van der Waals surface area (Å²) >= 11 is 0. The van der Waals surface area contributed by atoms with Gasteiger partial charge in [-0.1, -0.05) is 42.5 Å². The molecule has 5 nitrogen and oxygen atoms in total. The quantitative estimate of drug-likeness (QED) is 0.586. The predicted molar refractivity (Wildman–Crippen MR) is 78.3 cm³/mol. The molecule has 2 aromatic carbocycles. The van der Waals surface area contributed by atoms with Gasteiger partial charge >= 0.3 is 5.95 Å². The maximum atomic E-state index is 5.90. The van der Waals surface area contributed by atoms with Gasteiger partial charge in [-0.3, -0.25) is 0 Å². The summed E-state index contributed by atoms with van der Waals surface area (Å²) in [5.74, 6) is 1.28. The minimum absolute atomic E-state index is 0.149. The molecule has 0 radical (unpaired) electrons. The van der Waals surface area contributed by atoms with Gasteiger partial charge in [0.25, 0.3) is 5.96 Å². The number of aromatic amines is 1. The van der Waals surface area contributed by atoms with Crippen molar-refractivity contribution in [1.82, 2.24) is 4.98 Å². The van der Waals surface area contributed by atoms with E-state index in [0.29, 0.717) is 5.96 Å². The number of rotatable bonds is 1. The summed E-state index contributed by atoms with van der Waals surface area (Å²) in [6.45, 7) is 0. The summed E-state index contributed by atoms with van der Waals surface area (Å²) in [5.41, 5.74) is 9.16. The molecule has 4 N–H and O–H groups in total. The number of H-pyrrole nitrogens is 1. The van der Waals surface area contributed by atoms with Gasteiger partial charge in [0.05, 0.1) is 0 Å². The number of fused-ring (bicyclic) bond motifs is 3. The molecule has 3 aromatic rings. The van der Waals surface area contributed by atoms with E-state index in [2.05, 4.69) is 38.1 Å². The summed E-state index contributed by atoms with van der Waals surface area (Å²) in [6.07, 6.45) is -0.149.